The van der Waals surface area contributed by atoms with Crippen LogP contribution in [-0.4, -0.2) is 12.3 Å². The number of nitrogens with two attached hydrogens (primary N) is 1. The Balaban J connectivity index is 2.96. The molecule has 0 amide bonds. The van der Waals surface area contributed by atoms with E-state index in [1.165, 1.54) is 0 Å². The minimum absolute atomic E-state index is 0.175. The van der Waals surface area contributed by atoms with Gasteiger partial charge in [-0.25, -0.2) is 0 Å². The fraction of sp³-hybridized carbons (Fsp3) is 0.462. The van der Waals surface area contributed by atoms with Crippen LogP contribution in [0.3, 0.4) is 0 Å². The Labute approximate surface area is 91.5 Å². The molecular formula is C13H19NO. The Morgan fingerprint density at radius 1 is 1.27 bits per heavy atom. The van der Waals surface area contributed by atoms with Crippen molar-refractivity contribution in [3.8, 4) is 0 Å². The van der Waals surface area contributed by atoms with Crippen LogP contribution in [0.25, 0.3) is 0 Å². The largest absolute Gasteiger partial charge is 0.329 e. The Morgan fingerprint density at radius 3 is 2.20 bits per heavy atom. The summed E-state index contributed by atoms with van der Waals surface area (Å²) in [5.74, 6) is 0.0300. The number of hydrogen-bond acceptors (Lipinski definition) is 2. The van der Waals surface area contributed by atoms with Gasteiger partial charge in [0.25, 0.3) is 0 Å². The normalized spacial score (nSPS) is 13.6. The summed E-state index contributed by atoms with van der Waals surface area (Å²) in [5.41, 5.74) is 6.36. The lowest BCUT2D eigenvalue weighted by molar-refractivity contribution is -0.127. The van der Waals surface area contributed by atoms with E-state index in [1.54, 1.807) is 0 Å². The second kappa shape index (κ2) is 4.58. The highest BCUT2D eigenvalue weighted by Gasteiger charge is 2.29. The van der Waals surface area contributed by atoms with Gasteiger partial charge in [-0.05, 0) is 5.56 Å². The summed E-state index contributed by atoms with van der Waals surface area (Å²) >= 11 is 0. The van der Waals surface area contributed by atoms with Gasteiger partial charge in [0.1, 0.15) is 5.78 Å². The molecule has 0 aliphatic heterocycles. The maximum atomic E-state index is 12.1. The number of hydrogen-bond donors (Lipinski definition) is 1. The minimum Gasteiger partial charge on any atom is -0.329 e. The van der Waals surface area contributed by atoms with Crippen molar-refractivity contribution in [2.45, 2.75) is 26.7 Å². The summed E-state index contributed by atoms with van der Waals surface area (Å²) in [7, 11) is 0. The highest BCUT2D eigenvalue weighted by Crippen LogP contribution is 2.26. The molecule has 1 rings (SSSR count). The minimum atomic E-state index is -0.333. The Hall–Kier alpha value is -1.15. The molecule has 15 heavy (non-hydrogen) atoms. The van der Waals surface area contributed by atoms with Crippen molar-refractivity contribution in [1.29, 1.82) is 0 Å². The van der Waals surface area contributed by atoms with E-state index in [0.29, 0.717) is 6.54 Å². The smallest absolute Gasteiger partial charge is 0.146 e. The van der Waals surface area contributed by atoms with Crippen LogP contribution in [0.5, 0.6) is 0 Å². The molecule has 2 nitrogen and oxygen atoms in total. The Bertz CT molecular complexity index is 324. The van der Waals surface area contributed by atoms with Gasteiger partial charge in [-0.1, -0.05) is 51.1 Å². The zero-order valence-corrected chi connectivity index (χ0v) is 9.66. The van der Waals surface area contributed by atoms with Crippen molar-refractivity contribution in [2.24, 2.45) is 11.1 Å². The maximum Gasteiger partial charge on any atom is 0.146 e. The summed E-state index contributed by atoms with van der Waals surface area (Å²) in [5, 5.41) is 0. The van der Waals surface area contributed by atoms with Crippen LogP contribution >= 0.6 is 0 Å². The van der Waals surface area contributed by atoms with Gasteiger partial charge in [0, 0.05) is 12.0 Å². The third-order valence-electron chi connectivity index (χ3n) is 2.49. The van der Waals surface area contributed by atoms with E-state index < -0.39 is 0 Å². The molecule has 0 aromatic heterocycles. The van der Waals surface area contributed by atoms with Crippen LogP contribution in [0.2, 0.25) is 0 Å². The molecule has 1 aromatic rings. The quantitative estimate of drug-likeness (QED) is 0.823. The van der Waals surface area contributed by atoms with Crippen LogP contribution in [0, 0.1) is 5.41 Å². The average Bonchev–Trinajstić information content (AvgIpc) is 2.19. The predicted octanol–water partition coefficient (Wildman–Crippen LogP) is 2.34. The summed E-state index contributed by atoms with van der Waals surface area (Å²) in [6, 6.07) is 9.74. The Kier molecular flexibility index (Phi) is 3.64. The van der Waals surface area contributed by atoms with Gasteiger partial charge in [-0.3, -0.25) is 4.79 Å². The number of carbonyl (C=O) groups is 1. The van der Waals surface area contributed by atoms with E-state index in [0.717, 1.165) is 5.56 Å². The second-order valence-corrected chi connectivity index (χ2v) is 4.81. The molecule has 0 heterocycles. The van der Waals surface area contributed by atoms with Gasteiger partial charge in [-0.2, -0.15) is 0 Å². The number of benzene rings is 1. The molecule has 0 aliphatic rings. The Morgan fingerprint density at radius 2 is 1.80 bits per heavy atom. The molecule has 0 radical (unpaired) electrons. The standard InChI is InChI=1S/C13H19NO/c1-13(2,3)12(15)11(9-14)10-7-5-4-6-8-10/h4-8,11H,9,14H2,1-3H3. The van der Waals surface area contributed by atoms with E-state index in [9.17, 15) is 4.79 Å². The first-order valence-corrected chi connectivity index (χ1v) is 5.26. The third kappa shape index (κ3) is 2.90. The molecule has 82 valence electrons. The monoisotopic (exact) mass is 205 g/mol. The van der Waals surface area contributed by atoms with E-state index in [-0.39, 0.29) is 17.1 Å². The van der Waals surface area contributed by atoms with Gasteiger partial charge in [0.05, 0.1) is 5.92 Å². The van der Waals surface area contributed by atoms with Gasteiger partial charge < -0.3 is 5.73 Å². The van der Waals surface area contributed by atoms with E-state index in [1.807, 2.05) is 51.1 Å². The predicted molar refractivity (Wildman–Crippen MR) is 62.7 cm³/mol. The molecule has 1 unspecified atom stereocenters. The van der Waals surface area contributed by atoms with Gasteiger partial charge in [0.15, 0.2) is 0 Å². The topological polar surface area (TPSA) is 43.1 Å². The molecule has 1 aromatic carbocycles. The fourth-order valence-electron chi connectivity index (χ4n) is 1.60. The average molecular weight is 205 g/mol. The lowest BCUT2D eigenvalue weighted by Crippen LogP contribution is -2.31. The van der Waals surface area contributed by atoms with Crippen LogP contribution in [0.1, 0.15) is 32.3 Å². The van der Waals surface area contributed by atoms with Crippen molar-refractivity contribution in [3.63, 3.8) is 0 Å². The molecule has 2 N–H and O–H groups in total. The van der Waals surface area contributed by atoms with Crippen LogP contribution < -0.4 is 5.73 Å². The molecule has 0 fully saturated rings. The molecule has 0 aliphatic carbocycles. The van der Waals surface area contributed by atoms with Crippen LogP contribution in [0.4, 0.5) is 0 Å². The van der Waals surface area contributed by atoms with Crippen LogP contribution in [0.15, 0.2) is 30.3 Å². The van der Waals surface area contributed by atoms with E-state index in [4.69, 9.17) is 5.73 Å². The van der Waals surface area contributed by atoms with Crippen molar-refractivity contribution in [2.75, 3.05) is 6.54 Å². The van der Waals surface area contributed by atoms with Crippen molar-refractivity contribution in [3.05, 3.63) is 35.9 Å². The molecule has 0 bridgehead atoms. The lowest BCUT2D eigenvalue weighted by atomic mass is 9.80. The number of Topliss-reactive ketones (excluding diaryl/α,β-unsaturated/α-hetero) is 1. The summed E-state index contributed by atoms with van der Waals surface area (Å²) < 4.78 is 0. The van der Waals surface area contributed by atoms with E-state index in [2.05, 4.69) is 0 Å². The summed E-state index contributed by atoms with van der Waals surface area (Å²) in [6.07, 6.45) is 0. The first kappa shape index (κ1) is 11.9. The van der Waals surface area contributed by atoms with E-state index >= 15 is 0 Å². The first-order chi connectivity index (χ1) is 6.96. The van der Waals surface area contributed by atoms with Gasteiger partial charge in [0.2, 0.25) is 0 Å². The maximum absolute atomic E-state index is 12.1. The highest BCUT2D eigenvalue weighted by atomic mass is 16.1. The molecule has 1 atom stereocenters. The molecule has 0 saturated carbocycles. The first-order valence-electron chi connectivity index (χ1n) is 5.26. The summed E-state index contributed by atoms with van der Waals surface area (Å²) in [4.78, 5) is 12.1. The van der Waals surface area contributed by atoms with Gasteiger partial charge in [-0.15, -0.1) is 0 Å². The number of carbonyl (C=O) groups excluding carboxylic acids is 1. The van der Waals surface area contributed by atoms with Crippen molar-refractivity contribution in [1.82, 2.24) is 0 Å². The zero-order valence-electron chi connectivity index (χ0n) is 9.66. The molecule has 0 saturated heterocycles. The summed E-state index contributed by atoms with van der Waals surface area (Å²) in [6.45, 7) is 6.17. The second-order valence-electron chi connectivity index (χ2n) is 4.81. The van der Waals surface area contributed by atoms with Crippen LogP contribution in [-0.2, 0) is 4.79 Å². The third-order valence-corrected chi connectivity index (χ3v) is 2.49. The number of ketones is 1. The highest BCUT2D eigenvalue weighted by molar-refractivity contribution is 5.90. The van der Waals surface area contributed by atoms with Crippen molar-refractivity contribution >= 4 is 5.78 Å². The molecule has 0 spiro atoms. The fourth-order valence-corrected chi connectivity index (χ4v) is 1.60. The SMILES string of the molecule is CC(C)(C)C(=O)C(CN)c1ccccc1. The zero-order chi connectivity index (χ0) is 11.5. The lowest BCUT2D eigenvalue weighted by Gasteiger charge is -2.23. The van der Waals surface area contributed by atoms with Gasteiger partial charge >= 0.3 is 0 Å². The van der Waals surface area contributed by atoms with Crippen molar-refractivity contribution < 1.29 is 4.79 Å². The molecular weight excluding hydrogens is 186 g/mol. The number of rotatable bonds is 3. The molecule has 2 heteroatoms.